The third-order valence-electron chi connectivity index (χ3n) is 2.98. The molecule has 0 atom stereocenters. The molecule has 8 heteroatoms. The van der Waals surface area contributed by atoms with Crippen LogP contribution in [0, 0.1) is 0 Å². The van der Waals surface area contributed by atoms with E-state index in [1.165, 1.54) is 6.07 Å². The molecule has 0 aliphatic heterocycles. The molecule has 0 saturated carbocycles. The predicted octanol–water partition coefficient (Wildman–Crippen LogP) is 1.05. The lowest BCUT2D eigenvalue weighted by molar-refractivity contribution is 0.591. The van der Waals surface area contributed by atoms with Crippen molar-refractivity contribution in [2.24, 2.45) is 5.14 Å². The van der Waals surface area contributed by atoms with E-state index in [0.29, 0.717) is 18.4 Å². The Bertz CT molecular complexity index is 694. The first-order valence-electron chi connectivity index (χ1n) is 6.31. The van der Waals surface area contributed by atoms with E-state index < -0.39 is 19.9 Å². The summed E-state index contributed by atoms with van der Waals surface area (Å²) in [6, 6.07) is 2.45. The number of unbranched alkanes of at least 4 members (excludes halogenated alkanes) is 1. The molecule has 0 fully saturated rings. The van der Waals surface area contributed by atoms with Gasteiger partial charge in [-0.15, -0.1) is 0 Å². The molecule has 0 heterocycles. The maximum atomic E-state index is 12.3. The van der Waals surface area contributed by atoms with Gasteiger partial charge in [-0.05, 0) is 30.5 Å². The summed E-state index contributed by atoms with van der Waals surface area (Å²) in [4.78, 5) is -0.337. The van der Waals surface area contributed by atoms with Crippen molar-refractivity contribution < 1.29 is 16.8 Å². The van der Waals surface area contributed by atoms with Gasteiger partial charge in [0, 0.05) is 0 Å². The lowest BCUT2D eigenvalue weighted by atomic mass is 10.1. The average molecular weight is 320 g/mol. The first-order valence-corrected chi connectivity index (χ1v) is 9.51. The quantitative estimate of drug-likeness (QED) is 0.759. The smallest absolute Gasteiger partial charge is 0.240 e. The maximum absolute atomic E-state index is 12.3. The van der Waals surface area contributed by atoms with Crippen molar-refractivity contribution in [3.8, 4) is 0 Å². The number of aryl methyl sites for hydroxylation is 1. The molecule has 0 radical (unpaired) electrons. The summed E-state index contributed by atoms with van der Waals surface area (Å²) in [6.45, 7) is 3.67. The average Bonchev–Trinajstić information content (AvgIpc) is 2.34. The van der Waals surface area contributed by atoms with Crippen LogP contribution in [-0.2, 0) is 26.3 Å². The van der Waals surface area contributed by atoms with Crippen molar-refractivity contribution in [3.63, 3.8) is 0 Å². The third-order valence-corrected chi connectivity index (χ3v) is 5.82. The molecule has 1 aromatic carbocycles. The highest BCUT2D eigenvalue weighted by Crippen LogP contribution is 2.27. The van der Waals surface area contributed by atoms with Crippen LogP contribution in [0.1, 0.15) is 32.3 Å². The monoisotopic (exact) mass is 320 g/mol. The minimum atomic E-state index is -4.05. The van der Waals surface area contributed by atoms with Gasteiger partial charge in [-0.3, -0.25) is 0 Å². The number of sulfonamides is 1. The first kappa shape index (κ1) is 16.9. The molecule has 6 nitrogen and oxygen atoms in total. The number of rotatable bonds is 6. The number of sulfone groups is 1. The Balaban J connectivity index is 3.53. The number of benzene rings is 1. The van der Waals surface area contributed by atoms with Gasteiger partial charge < -0.3 is 5.73 Å². The molecule has 0 spiro atoms. The SMILES string of the molecule is CCCCS(=O)(=O)c1cc(S(N)(=O)=O)c(N)cc1CC. The van der Waals surface area contributed by atoms with Gasteiger partial charge in [0.1, 0.15) is 4.90 Å². The van der Waals surface area contributed by atoms with Gasteiger partial charge >= 0.3 is 0 Å². The second-order valence-electron chi connectivity index (χ2n) is 4.57. The van der Waals surface area contributed by atoms with Crippen LogP contribution in [0.3, 0.4) is 0 Å². The minimum absolute atomic E-state index is 0.00618. The lowest BCUT2D eigenvalue weighted by Crippen LogP contribution is -2.17. The van der Waals surface area contributed by atoms with Crippen LogP contribution in [-0.4, -0.2) is 22.6 Å². The zero-order valence-corrected chi connectivity index (χ0v) is 13.2. The zero-order chi connectivity index (χ0) is 15.6. The summed E-state index contributed by atoms with van der Waals surface area (Å²) in [5.74, 6) is -0.0233. The summed E-state index contributed by atoms with van der Waals surface area (Å²) in [5.41, 5.74) is 6.12. The van der Waals surface area contributed by atoms with Crippen molar-refractivity contribution in [2.75, 3.05) is 11.5 Å². The molecule has 0 aromatic heterocycles. The van der Waals surface area contributed by atoms with Crippen molar-refractivity contribution in [3.05, 3.63) is 17.7 Å². The fourth-order valence-corrected chi connectivity index (χ4v) is 4.41. The molecule has 0 bridgehead atoms. The van der Waals surface area contributed by atoms with Crippen molar-refractivity contribution in [1.29, 1.82) is 0 Å². The second-order valence-corrected chi connectivity index (χ2v) is 8.18. The lowest BCUT2D eigenvalue weighted by Gasteiger charge is -2.13. The van der Waals surface area contributed by atoms with Gasteiger partial charge in [0.05, 0.1) is 16.3 Å². The molecule has 20 heavy (non-hydrogen) atoms. The highest BCUT2D eigenvalue weighted by molar-refractivity contribution is 7.91. The van der Waals surface area contributed by atoms with Gasteiger partial charge in [0.25, 0.3) is 0 Å². The topological polar surface area (TPSA) is 120 Å². The standard InChI is InChI=1S/C12H20N2O4S2/c1-3-5-6-19(15,16)11-8-12(20(14,17)18)10(13)7-9(11)4-2/h7-8H,3-6,13H2,1-2H3,(H2,14,17,18). The number of hydrogen-bond acceptors (Lipinski definition) is 5. The number of nitrogens with two attached hydrogens (primary N) is 2. The molecule has 0 aliphatic rings. The van der Waals surface area contributed by atoms with Crippen LogP contribution in [0.5, 0.6) is 0 Å². The molecule has 0 unspecified atom stereocenters. The van der Waals surface area contributed by atoms with Crippen LogP contribution in [0.25, 0.3) is 0 Å². The van der Waals surface area contributed by atoms with Gasteiger partial charge in [-0.25, -0.2) is 22.0 Å². The van der Waals surface area contributed by atoms with E-state index >= 15 is 0 Å². The zero-order valence-electron chi connectivity index (χ0n) is 11.6. The maximum Gasteiger partial charge on any atom is 0.240 e. The Morgan fingerprint density at radius 1 is 1.05 bits per heavy atom. The first-order chi connectivity index (χ1) is 9.13. The van der Waals surface area contributed by atoms with Crippen LogP contribution in [0.2, 0.25) is 0 Å². The minimum Gasteiger partial charge on any atom is -0.398 e. The van der Waals surface area contributed by atoms with Gasteiger partial charge in [0.2, 0.25) is 10.0 Å². The summed E-state index contributed by atoms with van der Waals surface area (Å²) in [7, 11) is -7.59. The Kier molecular flexibility index (Phi) is 5.17. The number of anilines is 1. The molecule has 4 N–H and O–H groups in total. The van der Waals surface area contributed by atoms with Crippen LogP contribution in [0.15, 0.2) is 21.9 Å². The summed E-state index contributed by atoms with van der Waals surface area (Å²) in [5, 5.41) is 5.06. The normalized spacial score (nSPS) is 12.6. The number of nitrogen functional groups attached to an aromatic ring is 1. The van der Waals surface area contributed by atoms with E-state index in [9.17, 15) is 16.8 Å². The van der Waals surface area contributed by atoms with Crippen LogP contribution in [0.4, 0.5) is 5.69 Å². The third kappa shape index (κ3) is 3.71. The molecule has 1 aromatic rings. The highest BCUT2D eigenvalue weighted by Gasteiger charge is 2.23. The van der Waals surface area contributed by atoms with Crippen molar-refractivity contribution >= 4 is 25.5 Å². The largest absolute Gasteiger partial charge is 0.398 e. The van der Waals surface area contributed by atoms with Crippen LogP contribution >= 0.6 is 0 Å². The van der Waals surface area contributed by atoms with E-state index in [0.717, 1.165) is 12.5 Å². The Morgan fingerprint density at radius 2 is 1.65 bits per heavy atom. The van der Waals surface area contributed by atoms with Gasteiger partial charge in [0.15, 0.2) is 9.84 Å². The molecular weight excluding hydrogens is 300 g/mol. The summed E-state index contributed by atoms with van der Waals surface area (Å²) in [6.07, 6.45) is 1.69. The Labute approximate surface area is 120 Å². The molecule has 0 aliphatic carbocycles. The summed E-state index contributed by atoms with van der Waals surface area (Å²) < 4.78 is 47.5. The number of hydrogen-bond donors (Lipinski definition) is 2. The second kappa shape index (κ2) is 6.11. The number of primary sulfonamides is 1. The Hall–Kier alpha value is -1.12. The van der Waals surface area contributed by atoms with E-state index in [-0.39, 0.29) is 21.2 Å². The molecule has 1 rings (SSSR count). The summed E-state index contributed by atoms with van der Waals surface area (Å²) >= 11 is 0. The highest BCUT2D eigenvalue weighted by atomic mass is 32.2. The van der Waals surface area contributed by atoms with E-state index in [1.807, 2.05) is 6.92 Å². The van der Waals surface area contributed by atoms with Crippen molar-refractivity contribution in [2.45, 2.75) is 42.9 Å². The van der Waals surface area contributed by atoms with Crippen molar-refractivity contribution in [1.82, 2.24) is 0 Å². The fourth-order valence-electron chi connectivity index (χ4n) is 1.88. The van der Waals surface area contributed by atoms with E-state index in [2.05, 4.69) is 0 Å². The van der Waals surface area contributed by atoms with E-state index in [1.54, 1.807) is 6.92 Å². The molecular formula is C12H20N2O4S2. The van der Waals surface area contributed by atoms with Crippen LogP contribution < -0.4 is 10.9 Å². The Morgan fingerprint density at radius 3 is 2.10 bits per heavy atom. The fraction of sp³-hybridized carbons (Fsp3) is 0.500. The molecule has 0 saturated heterocycles. The molecule has 0 amide bonds. The van der Waals surface area contributed by atoms with E-state index in [4.69, 9.17) is 10.9 Å². The molecule has 114 valence electrons. The van der Waals surface area contributed by atoms with Gasteiger partial charge in [-0.1, -0.05) is 20.3 Å². The predicted molar refractivity (Wildman–Crippen MR) is 78.6 cm³/mol. The van der Waals surface area contributed by atoms with Gasteiger partial charge in [-0.2, -0.15) is 0 Å².